The topological polar surface area (TPSA) is 42.0 Å². The molecule has 2 rings (SSSR count). The summed E-state index contributed by atoms with van der Waals surface area (Å²) in [5.41, 5.74) is 0.988. The molecular weight excluding hydrogens is 260 g/mol. The molecule has 0 saturated heterocycles. The molecule has 1 N–H and O–H groups in total. The number of nitrogens with zero attached hydrogens (tertiary/aromatic N) is 1. The van der Waals surface area contributed by atoms with Crippen LogP contribution in [-0.2, 0) is 11.2 Å². The number of carbonyl (C=O) groups excluding carboxylic acids is 1. The predicted octanol–water partition coefficient (Wildman–Crippen LogP) is 3.74. The van der Waals surface area contributed by atoms with Gasteiger partial charge >= 0.3 is 0 Å². The van der Waals surface area contributed by atoms with Gasteiger partial charge in [0.25, 0.3) is 0 Å². The summed E-state index contributed by atoms with van der Waals surface area (Å²) in [6.45, 7) is 6.78. The third-order valence-corrected chi connectivity index (χ3v) is 4.53. The summed E-state index contributed by atoms with van der Waals surface area (Å²) < 4.78 is 0. The van der Waals surface area contributed by atoms with Crippen LogP contribution >= 0.6 is 0 Å². The van der Waals surface area contributed by atoms with Crippen molar-refractivity contribution in [2.24, 2.45) is 11.8 Å². The number of hydrogen-bond donors (Lipinski definition) is 1. The average molecular weight is 288 g/mol. The number of aromatic nitrogens is 1. The zero-order valence-electron chi connectivity index (χ0n) is 13.6. The highest BCUT2D eigenvalue weighted by Gasteiger charge is 2.36. The molecule has 1 heterocycles. The molecule has 1 amide bonds. The molecule has 1 saturated carbocycles. The minimum atomic E-state index is -0.0401. The molecule has 1 aliphatic carbocycles. The van der Waals surface area contributed by atoms with Gasteiger partial charge in [0.2, 0.25) is 5.91 Å². The summed E-state index contributed by atoms with van der Waals surface area (Å²) in [7, 11) is 0. The highest BCUT2D eigenvalue weighted by atomic mass is 16.1. The lowest BCUT2D eigenvalue weighted by Gasteiger charge is -2.42. The quantitative estimate of drug-likeness (QED) is 0.897. The largest absolute Gasteiger partial charge is 0.351 e. The lowest BCUT2D eigenvalue weighted by Crippen LogP contribution is -2.51. The van der Waals surface area contributed by atoms with Crippen LogP contribution in [0.15, 0.2) is 24.5 Å². The van der Waals surface area contributed by atoms with Gasteiger partial charge < -0.3 is 5.32 Å². The lowest BCUT2D eigenvalue weighted by atomic mass is 9.70. The van der Waals surface area contributed by atoms with Crippen molar-refractivity contribution < 1.29 is 4.79 Å². The van der Waals surface area contributed by atoms with E-state index in [1.807, 2.05) is 12.1 Å². The SMILES string of the molecule is CCCC1CC(C)CC(C)(NC(=O)Cc2ccncc2)C1. The third-order valence-electron chi connectivity index (χ3n) is 4.53. The van der Waals surface area contributed by atoms with Gasteiger partial charge in [-0.1, -0.05) is 26.7 Å². The van der Waals surface area contributed by atoms with Gasteiger partial charge in [-0.25, -0.2) is 0 Å². The normalized spacial score (nSPS) is 29.1. The van der Waals surface area contributed by atoms with Crippen molar-refractivity contribution in [1.82, 2.24) is 10.3 Å². The molecule has 0 aromatic carbocycles. The van der Waals surface area contributed by atoms with E-state index in [1.54, 1.807) is 12.4 Å². The first kappa shape index (κ1) is 16.0. The third kappa shape index (κ3) is 4.83. The van der Waals surface area contributed by atoms with Crippen LogP contribution in [0.1, 0.15) is 58.4 Å². The summed E-state index contributed by atoms with van der Waals surface area (Å²) in [5, 5.41) is 3.30. The van der Waals surface area contributed by atoms with Crippen molar-refractivity contribution in [3.8, 4) is 0 Å². The maximum absolute atomic E-state index is 12.3. The van der Waals surface area contributed by atoms with Crippen LogP contribution in [0.5, 0.6) is 0 Å². The Balaban J connectivity index is 1.94. The average Bonchev–Trinajstić information content (AvgIpc) is 2.38. The van der Waals surface area contributed by atoms with E-state index >= 15 is 0 Å². The smallest absolute Gasteiger partial charge is 0.224 e. The van der Waals surface area contributed by atoms with E-state index in [-0.39, 0.29) is 11.4 Å². The van der Waals surface area contributed by atoms with Gasteiger partial charge in [-0.3, -0.25) is 9.78 Å². The minimum absolute atomic E-state index is 0.0401. The molecule has 1 aromatic rings. The van der Waals surface area contributed by atoms with Crippen LogP contribution < -0.4 is 5.32 Å². The second-order valence-electron chi connectivity index (χ2n) is 7.04. The van der Waals surface area contributed by atoms with Crippen molar-refractivity contribution in [3.05, 3.63) is 30.1 Å². The van der Waals surface area contributed by atoms with E-state index in [9.17, 15) is 4.79 Å². The van der Waals surface area contributed by atoms with Gasteiger partial charge in [0, 0.05) is 17.9 Å². The minimum Gasteiger partial charge on any atom is -0.351 e. The molecule has 0 bridgehead atoms. The summed E-state index contributed by atoms with van der Waals surface area (Å²) in [4.78, 5) is 16.3. The number of amides is 1. The van der Waals surface area contributed by atoms with E-state index in [1.165, 1.54) is 19.3 Å². The van der Waals surface area contributed by atoms with Crippen molar-refractivity contribution in [2.45, 2.75) is 64.8 Å². The Morgan fingerprint density at radius 3 is 2.76 bits per heavy atom. The summed E-state index contributed by atoms with van der Waals surface area (Å²) in [5.74, 6) is 1.58. The Morgan fingerprint density at radius 1 is 1.38 bits per heavy atom. The molecule has 0 radical (unpaired) electrons. The number of carbonyl (C=O) groups is 1. The van der Waals surface area contributed by atoms with Crippen LogP contribution in [0.2, 0.25) is 0 Å². The van der Waals surface area contributed by atoms with Gasteiger partial charge in [-0.2, -0.15) is 0 Å². The number of nitrogens with one attached hydrogen (secondary N) is 1. The van der Waals surface area contributed by atoms with Crippen LogP contribution in [0, 0.1) is 11.8 Å². The molecule has 1 aliphatic rings. The summed E-state index contributed by atoms with van der Waals surface area (Å²) >= 11 is 0. The van der Waals surface area contributed by atoms with Gasteiger partial charge in [0.05, 0.1) is 6.42 Å². The fourth-order valence-electron chi connectivity index (χ4n) is 4.02. The zero-order valence-corrected chi connectivity index (χ0v) is 13.6. The molecule has 3 nitrogen and oxygen atoms in total. The molecule has 3 atom stereocenters. The standard InChI is InChI=1S/C18H28N2O/c1-4-5-16-10-14(2)12-18(3,13-16)20-17(21)11-15-6-8-19-9-7-15/h6-9,14,16H,4-5,10-13H2,1-3H3,(H,20,21). The van der Waals surface area contributed by atoms with Gasteiger partial charge in [0.1, 0.15) is 0 Å². The lowest BCUT2D eigenvalue weighted by molar-refractivity contribution is -0.123. The molecule has 3 unspecified atom stereocenters. The Bertz CT molecular complexity index is 460. The maximum atomic E-state index is 12.3. The van der Waals surface area contributed by atoms with Crippen LogP contribution in [0.25, 0.3) is 0 Å². The van der Waals surface area contributed by atoms with E-state index in [0.29, 0.717) is 12.3 Å². The van der Waals surface area contributed by atoms with Crippen molar-refractivity contribution in [2.75, 3.05) is 0 Å². The first-order valence-electron chi connectivity index (χ1n) is 8.20. The molecular formula is C18H28N2O. The first-order valence-corrected chi connectivity index (χ1v) is 8.20. The molecule has 21 heavy (non-hydrogen) atoms. The van der Waals surface area contributed by atoms with Crippen LogP contribution in [0.4, 0.5) is 0 Å². The Kier molecular flexibility index (Phi) is 5.38. The predicted molar refractivity (Wildman–Crippen MR) is 85.9 cm³/mol. The van der Waals surface area contributed by atoms with Gasteiger partial charge in [-0.05, 0) is 55.7 Å². The molecule has 116 valence electrons. The Morgan fingerprint density at radius 2 is 2.10 bits per heavy atom. The van der Waals surface area contributed by atoms with Crippen molar-refractivity contribution >= 4 is 5.91 Å². The molecule has 1 aromatic heterocycles. The summed E-state index contributed by atoms with van der Waals surface area (Å²) in [6, 6.07) is 3.82. The number of hydrogen-bond acceptors (Lipinski definition) is 2. The van der Waals surface area contributed by atoms with E-state index < -0.39 is 0 Å². The number of rotatable bonds is 5. The molecule has 1 fully saturated rings. The molecule has 0 aliphatic heterocycles. The van der Waals surface area contributed by atoms with Gasteiger partial charge in [-0.15, -0.1) is 0 Å². The van der Waals surface area contributed by atoms with Crippen molar-refractivity contribution in [3.63, 3.8) is 0 Å². The molecule has 3 heteroatoms. The first-order chi connectivity index (χ1) is 10.0. The van der Waals surface area contributed by atoms with E-state index in [4.69, 9.17) is 0 Å². The maximum Gasteiger partial charge on any atom is 0.224 e. The fourth-order valence-corrected chi connectivity index (χ4v) is 4.02. The van der Waals surface area contributed by atoms with Crippen molar-refractivity contribution in [1.29, 1.82) is 0 Å². The number of pyridine rings is 1. The Hall–Kier alpha value is -1.38. The highest BCUT2D eigenvalue weighted by molar-refractivity contribution is 5.79. The second kappa shape index (κ2) is 7.06. The van der Waals surface area contributed by atoms with Gasteiger partial charge in [0.15, 0.2) is 0 Å². The highest BCUT2D eigenvalue weighted by Crippen LogP contribution is 2.38. The monoisotopic (exact) mass is 288 g/mol. The van der Waals surface area contributed by atoms with Crippen LogP contribution in [0.3, 0.4) is 0 Å². The Labute approximate surface area is 128 Å². The summed E-state index contributed by atoms with van der Waals surface area (Å²) in [6.07, 6.45) is 9.96. The molecule has 0 spiro atoms. The fraction of sp³-hybridized carbons (Fsp3) is 0.667. The second-order valence-corrected chi connectivity index (χ2v) is 7.04. The zero-order chi connectivity index (χ0) is 15.3. The van der Waals surface area contributed by atoms with E-state index in [0.717, 1.165) is 24.3 Å². The van der Waals surface area contributed by atoms with E-state index in [2.05, 4.69) is 31.1 Å². The van der Waals surface area contributed by atoms with Crippen LogP contribution in [-0.4, -0.2) is 16.4 Å².